The molecule has 0 bridgehead atoms. The second kappa shape index (κ2) is 6.61. The van der Waals surface area contributed by atoms with E-state index in [4.69, 9.17) is 10.5 Å². The van der Waals surface area contributed by atoms with Gasteiger partial charge in [-0.2, -0.15) is 0 Å². The molecule has 0 saturated heterocycles. The SMILES string of the molecule is CCCCn1c(=N)n(CCO)c2ccccc21.Cl. The fraction of sp³-hybridized carbons (Fsp3) is 0.462. The van der Waals surface area contributed by atoms with Gasteiger partial charge in [0, 0.05) is 13.1 Å². The Morgan fingerprint density at radius 2 is 1.67 bits per heavy atom. The van der Waals surface area contributed by atoms with E-state index in [1.54, 1.807) is 0 Å². The van der Waals surface area contributed by atoms with Gasteiger partial charge in [-0.05, 0) is 18.6 Å². The summed E-state index contributed by atoms with van der Waals surface area (Å²) < 4.78 is 3.89. The lowest BCUT2D eigenvalue weighted by molar-refractivity contribution is 0.274. The number of aryl methyl sites for hydroxylation is 1. The highest BCUT2D eigenvalue weighted by molar-refractivity contribution is 5.85. The summed E-state index contributed by atoms with van der Waals surface area (Å²) in [5, 5.41) is 17.2. The van der Waals surface area contributed by atoms with Crippen molar-refractivity contribution in [1.29, 1.82) is 5.41 Å². The molecule has 5 heteroatoms. The number of aromatic nitrogens is 2. The third-order valence-corrected chi connectivity index (χ3v) is 3.03. The molecule has 18 heavy (non-hydrogen) atoms. The molecule has 0 aliphatic heterocycles. The van der Waals surface area contributed by atoms with Crippen molar-refractivity contribution in [2.24, 2.45) is 0 Å². The summed E-state index contributed by atoms with van der Waals surface area (Å²) in [6, 6.07) is 8.01. The van der Waals surface area contributed by atoms with Crippen LogP contribution in [0.2, 0.25) is 0 Å². The summed E-state index contributed by atoms with van der Waals surface area (Å²) in [6.07, 6.45) is 2.19. The maximum absolute atomic E-state index is 9.08. The third-order valence-electron chi connectivity index (χ3n) is 3.03. The zero-order chi connectivity index (χ0) is 12.3. The topological polar surface area (TPSA) is 53.9 Å². The summed E-state index contributed by atoms with van der Waals surface area (Å²) in [6.45, 7) is 3.57. The van der Waals surface area contributed by atoms with E-state index in [1.807, 2.05) is 33.4 Å². The smallest absolute Gasteiger partial charge is 0.203 e. The van der Waals surface area contributed by atoms with Gasteiger partial charge in [0.15, 0.2) is 0 Å². The zero-order valence-corrected chi connectivity index (χ0v) is 11.4. The number of unbranched alkanes of at least 4 members (excludes halogenated alkanes) is 1. The number of aliphatic hydroxyl groups is 1. The van der Waals surface area contributed by atoms with Crippen molar-refractivity contribution < 1.29 is 5.11 Å². The normalized spacial score (nSPS) is 10.6. The standard InChI is InChI=1S/C13H19N3O.ClH/c1-2-3-8-15-11-6-4-5-7-12(11)16(9-10-17)13(15)14;/h4-7,14,17H,2-3,8-10H2,1H3;1H. The predicted molar refractivity (Wildman–Crippen MR) is 75.0 cm³/mol. The molecule has 1 heterocycles. The van der Waals surface area contributed by atoms with Gasteiger partial charge in [0.05, 0.1) is 17.6 Å². The minimum atomic E-state index is 0. The fourth-order valence-corrected chi connectivity index (χ4v) is 2.16. The van der Waals surface area contributed by atoms with Gasteiger partial charge in [0.1, 0.15) is 0 Å². The van der Waals surface area contributed by atoms with Crippen LogP contribution in [0.5, 0.6) is 0 Å². The van der Waals surface area contributed by atoms with Crippen LogP contribution in [0.1, 0.15) is 19.8 Å². The van der Waals surface area contributed by atoms with Crippen LogP contribution in [0.3, 0.4) is 0 Å². The highest BCUT2D eigenvalue weighted by atomic mass is 35.5. The predicted octanol–water partition coefficient (Wildman–Crippen LogP) is 2.14. The summed E-state index contributed by atoms with van der Waals surface area (Å²) in [4.78, 5) is 0. The van der Waals surface area contributed by atoms with E-state index in [2.05, 4.69) is 6.92 Å². The average molecular weight is 270 g/mol. The summed E-state index contributed by atoms with van der Waals surface area (Å²) in [5.74, 6) is 0. The van der Waals surface area contributed by atoms with Crippen LogP contribution in [0, 0.1) is 5.41 Å². The van der Waals surface area contributed by atoms with Gasteiger partial charge in [0.2, 0.25) is 5.62 Å². The largest absolute Gasteiger partial charge is 0.395 e. The molecule has 0 saturated carbocycles. The number of benzene rings is 1. The molecule has 1 aromatic carbocycles. The van der Waals surface area contributed by atoms with Crippen LogP contribution >= 0.6 is 12.4 Å². The molecule has 2 aromatic rings. The van der Waals surface area contributed by atoms with Crippen molar-refractivity contribution in [1.82, 2.24) is 9.13 Å². The molecule has 2 N–H and O–H groups in total. The van der Waals surface area contributed by atoms with Crippen molar-refractivity contribution >= 4 is 23.4 Å². The Kier molecular flexibility index (Phi) is 5.44. The Hall–Kier alpha value is -1.26. The molecular formula is C13H20ClN3O. The Bertz CT molecular complexity index is 559. The molecule has 0 amide bonds. The van der Waals surface area contributed by atoms with Gasteiger partial charge in [0.25, 0.3) is 0 Å². The van der Waals surface area contributed by atoms with Gasteiger partial charge in [-0.25, -0.2) is 0 Å². The van der Waals surface area contributed by atoms with E-state index in [1.165, 1.54) is 0 Å². The monoisotopic (exact) mass is 269 g/mol. The minimum absolute atomic E-state index is 0. The van der Waals surface area contributed by atoms with Crippen LogP contribution in [0.4, 0.5) is 0 Å². The van der Waals surface area contributed by atoms with Crippen LogP contribution in [0.25, 0.3) is 11.0 Å². The zero-order valence-electron chi connectivity index (χ0n) is 10.6. The summed E-state index contributed by atoms with van der Waals surface area (Å²) in [5.41, 5.74) is 2.59. The Balaban J connectivity index is 0.00000162. The fourth-order valence-electron chi connectivity index (χ4n) is 2.16. The molecule has 4 nitrogen and oxygen atoms in total. The maximum atomic E-state index is 9.08. The van der Waals surface area contributed by atoms with Gasteiger partial charge >= 0.3 is 0 Å². The Morgan fingerprint density at radius 3 is 2.17 bits per heavy atom. The number of rotatable bonds is 5. The number of para-hydroxylation sites is 2. The highest BCUT2D eigenvalue weighted by Gasteiger charge is 2.08. The van der Waals surface area contributed by atoms with Crippen LogP contribution in [0.15, 0.2) is 24.3 Å². The molecule has 0 atom stereocenters. The third kappa shape index (κ3) is 2.60. The van der Waals surface area contributed by atoms with Gasteiger partial charge < -0.3 is 14.2 Å². The Labute approximate surface area is 113 Å². The number of nitrogens with one attached hydrogen (secondary N) is 1. The lowest BCUT2D eigenvalue weighted by Gasteiger charge is -2.02. The van der Waals surface area contributed by atoms with E-state index in [0.29, 0.717) is 12.2 Å². The number of hydrogen-bond acceptors (Lipinski definition) is 2. The molecule has 1 aromatic heterocycles. The summed E-state index contributed by atoms with van der Waals surface area (Å²) >= 11 is 0. The number of aliphatic hydroxyl groups excluding tert-OH is 1. The van der Waals surface area contributed by atoms with Crippen molar-refractivity contribution in [2.45, 2.75) is 32.9 Å². The molecule has 0 aliphatic carbocycles. The number of halogens is 1. The van der Waals surface area contributed by atoms with E-state index in [0.717, 1.165) is 30.4 Å². The van der Waals surface area contributed by atoms with Crippen molar-refractivity contribution in [2.75, 3.05) is 6.61 Å². The lowest BCUT2D eigenvalue weighted by Crippen LogP contribution is -2.25. The quantitative estimate of drug-likeness (QED) is 0.859. The van der Waals surface area contributed by atoms with E-state index in [-0.39, 0.29) is 19.0 Å². The first-order chi connectivity index (χ1) is 8.29. The maximum Gasteiger partial charge on any atom is 0.203 e. The van der Waals surface area contributed by atoms with E-state index >= 15 is 0 Å². The van der Waals surface area contributed by atoms with Crippen molar-refractivity contribution in [3.63, 3.8) is 0 Å². The first-order valence-electron chi connectivity index (χ1n) is 6.13. The Morgan fingerprint density at radius 1 is 1.11 bits per heavy atom. The van der Waals surface area contributed by atoms with Gasteiger partial charge in [-0.1, -0.05) is 25.5 Å². The van der Waals surface area contributed by atoms with Crippen molar-refractivity contribution in [3.05, 3.63) is 29.9 Å². The van der Waals surface area contributed by atoms with Gasteiger partial charge in [-0.15, -0.1) is 12.4 Å². The summed E-state index contributed by atoms with van der Waals surface area (Å²) in [7, 11) is 0. The first-order valence-corrected chi connectivity index (χ1v) is 6.13. The molecule has 2 rings (SSSR count). The second-order valence-corrected chi connectivity index (χ2v) is 4.19. The van der Waals surface area contributed by atoms with Crippen molar-refractivity contribution in [3.8, 4) is 0 Å². The molecular weight excluding hydrogens is 250 g/mol. The van der Waals surface area contributed by atoms with E-state index in [9.17, 15) is 0 Å². The molecule has 0 unspecified atom stereocenters. The van der Waals surface area contributed by atoms with Crippen LogP contribution in [-0.4, -0.2) is 20.8 Å². The average Bonchev–Trinajstić information content (AvgIpc) is 2.61. The number of fused-ring (bicyclic) bond motifs is 1. The van der Waals surface area contributed by atoms with E-state index < -0.39 is 0 Å². The molecule has 0 radical (unpaired) electrons. The second-order valence-electron chi connectivity index (χ2n) is 4.19. The number of imidazole rings is 1. The number of nitrogens with zero attached hydrogens (tertiary/aromatic N) is 2. The molecule has 0 spiro atoms. The van der Waals surface area contributed by atoms with Crippen LogP contribution < -0.4 is 5.62 Å². The molecule has 0 aliphatic rings. The minimum Gasteiger partial charge on any atom is -0.395 e. The first kappa shape index (κ1) is 14.8. The highest BCUT2D eigenvalue weighted by Crippen LogP contribution is 2.13. The van der Waals surface area contributed by atoms with Gasteiger partial charge in [-0.3, -0.25) is 5.41 Å². The number of hydrogen-bond donors (Lipinski definition) is 2. The molecule has 100 valence electrons. The molecule has 0 fully saturated rings. The lowest BCUT2D eigenvalue weighted by atomic mass is 10.3. The van der Waals surface area contributed by atoms with Crippen LogP contribution in [-0.2, 0) is 13.1 Å².